The quantitative estimate of drug-likeness (QED) is 0.479. The van der Waals surface area contributed by atoms with Gasteiger partial charge in [0.15, 0.2) is 5.13 Å². The summed E-state index contributed by atoms with van der Waals surface area (Å²) < 4.78 is 6.59. The van der Waals surface area contributed by atoms with E-state index in [2.05, 4.69) is 11.9 Å². The van der Waals surface area contributed by atoms with Crippen molar-refractivity contribution in [3.63, 3.8) is 0 Å². The van der Waals surface area contributed by atoms with Gasteiger partial charge in [-0.2, -0.15) is 11.8 Å². The van der Waals surface area contributed by atoms with Gasteiger partial charge in [0, 0.05) is 0 Å². The summed E-state index contributed by atoms with van der Waals surface area (Å²) in [6.45, 7) is 4.69. The van der Waals surface area contributed by atoms with Crippen LogP contribution in [0.5, 0.6) is 5.75 Å². The highest BCUT2D eigenvalue weighted by Gasteiger charge is 2.21. The van der Waals surface area contributed by atoms with E-state index in [0.29, 0.717) is 17.5 Å². The van der Waals surface area contributed by atoms with E-state index in [9.17, 15) is 4.79 Å². The molecule has 4 nitrogen and oxygen atoms in total. The molecule has 1 amide bonds. The first-order valence-electron chi connectivity index (χ1n) is 8.72. The zero-order valence-corrected chi connectivity index (χ0v) is 16.6. The number of anilines is 2. The van der Waals surface area contributed by atoms with E-state index >= 15 is 0 Å². The van der Waals surface area contributed by atoms with Gasteiger partial charge < -0.3 is 4.74 Å². The highest BCUT2D eigenvalue weighted by atomic mass is 32.2. The number of thioether (sulfide) groups is 1. The molecule has 136 valence electrons. The highest BCUT2D eigenvalue weighted by molar-refractivity contribution is 7.99. The summed E-state index contributed by atoms with van der Waals surface area (Å²) in [5.41, 5.74) is 1.73. The van der Waals surface area contributed by atoms with Crippen LogP contribution in [0.15, 0.2) is 48.5 Å². The number of carbonyl (C=O) groups excluding carboxylic acids is 1. The second-order valence-corrected chi connectivity index (χ2v) is 7.79. The minimum absolute atomic E-state index is 0.0478. The zero-order valence-electron chi connectivity index (χ0n) is 15.0. The third kappa shape index (κ3) is 4.37. The molecule has 1 heterocycles. The normalized spacial score (nSPS) is 10.8. The van der Waals surface area contributed by atoms with Crippen molar-refractivity contribution < 1.29 is 9.53 Å². The second kappa shape index (κ2) is 9.05. The molecule has 0 aliphatic carbocycles. The lowest BCUT2D eigenvalue weighted by atomic mass is 10.3. The minimum Gasteiger partial charge on any atom is -0.494 e. The predicted octanol–water partition coefficient (Wildman–Crippen LogP) is 5.50. The SMILES string of the molecule is CCCSCC(=O)N(c1ccc(OCC)cc1)c1nc2ccccc2s1. The molecule has 26 heavy (non-hydrogen) atoms. The first-order chi connectivity index (χ1) is 12.7. The van der Waals surface area contributed by atoms with E-state index in [1.807, 2.05) is 55.5 Å². The fourth-order valence-corrected chi connectivity index (χ4v) is 4.28. The molecule has 0 bridgehead atoms. The molecular weight excluding hydrogens is 364 g/mol. The van der Waals surface area contributed by atoms with E-state index in [1.165, 1.54) is 11.3 Å². The van der Waals surface area contributed by atoms with Crippen molar-refractivity contribution in [2.24, 2.45) is 0 Å². The van der Waals surface area contributed by atoms with Gasteiger partial charge in [-0.15, -0.1) is 0 Å². The lowest BCUT2D eigenvalue weighted by molar-refractivity contribution is -0.115. The molecule has 1 aromatic heterocycles. The number of amides is 1. The zero-order chi connectivity index (χ0) is 18.4. The monoisotopic (exact) mass is 386 g/mol. The molecule has 0 fully saturated rings. The van der Waals surface area contributed by atoms with Gasteiger partial charge in [0.1, 0.15) is 5.75 Å². The second-order valence-electron chi connectivity index (χ2n) is 5.67. The van der Waals surface area contributed by atoms with Gasteiger partial charge in [-0.25, -0.2) is 4.98 Å². The third-order valence-electron chi connectivity index (χ3n) is 3.70. The molecule has 0 unspecified atom stereocenters. The van der Waals surface area contributed by atoms with Crippen LogP contribution < -0.4 is 9.64 Å². The number of nitrogens with zero attached hydrogens (tertiary/aromatic N) is 2. The predicted molar refractivity (Wildman–Crippen MR) is 112 cm³/mol. The number of ether oxygens (including phenoxy) is 1. The summed E-state index contributed by atoms with van der Waals surface area (Å²) in [4.78, 5) is 19.4. The van der Waals surface area contributed by atoms with Crippen LogP contribution in [-0.4, -0.2) is 29.0 Å². The van der Waals surface area contributed by atoms with Crippen LogP contribution in [0, 0.1) is 0 Å². The Kier molecular flexibility index (Phi) is 6.52. The van der Waals surface area contributed by atoms with Gasteiger partial charge in [0.2, 0.25) is 5.91 Å². The molecule has 0 radical (unpaired) electrons. The number of fused-ring (bicyclic) bond motifs is 1. The van der Waals surface area contributed by atoms with Crippen LogP contribution in [0.25, 0.3) is 10.2 Å². The smallest absolute Gasteiger partial charge is 0.243 e. The number of rotatable bonds is 8. The minimum atomic E-state index is 0.0478. The summed E-state index contributed by atoms with van der Waals surface area (Å²) in [5.74, 6) is 2.26. The van der Waals surface area contributed by atoms with Gasteiger partial charge in [0.25, 0.3) is 0 Å². The number of aromatic nitrogens is 1. The molecule has 0 N–H and O–H groups in total. The van der Waals surface area contributed by atoms with Gasteiger partial charge in [-0.3, -0.25) is 9.69 Å². The molecule has 0 saturated carbocycles. The maximum Gasteiger partial charge on any atom is 0.243 e. The van der Waals surface area contributed by atoms with Crippen molar-refractivity contribution in [2.45, 2.75) is 20.3 Å². The topological polar surface area (TPSA) is 42.4 Å². The summed E-state index contributed by atoms with van der Waals surface area (Å²) in [7, 11) is 0. The molecule has 0 aliphatic rings. The lowest BCUT2D eigenvalue weighted by Gasteiger charge is -2.20. The van der Waals surface area contributed by atoms with Gasteiger partial charge >= 0.3 is 0 Å². The van der Waals surface area contributed by atoms with Crippen molar-refractivity contribution >= 4 is 50.0 Å². The number of hydrogen-bond acceptors (Lipinski definition) is 5. The van der Waals surface area contributed by atoms with Crippen molar-refractivity contribution in [3.05, 3.63) is 48.5 Å². The molecule has 0 aliphatic heterocycles. The van der Waals surface area contributed by atoms with E-state index in [0.717, 1.165) is 33.8 Å². The van der Waals surface area contributed by atoms with E-state index in [1.54, 1.807) is 16.7 Å². The number of carbonyl (C=O) groups is 1. The lowest BCUT2D eigenvalue weighted by Crippen LogP contribution is -2.27. The van der Waals surface area contributed by atoms with Crippen molar-refractivity contribution in [1.82, 2.24) is 4.98 Å². The Bertz CT molecular complexity index is 829. The number of hydrogen-bond donors (Lipinski definition) is 0. The Morgan fingerprint density at radius 3 is 2.62 bits per heavy atom. The number of thiazole rings is 1. The highest BCUT2D eigenvalue weighted by Crippen LogP contribution is 2.34. The fraction of sp³-hybridized carbons (Fsp3) is 0.300. The molecule has 0 saturated heterocycles. The van der Waals surface area contributed by atoms with Gasteiger partial charge in [-0.1, -0.05) is 30.4 Å². The Balaban J connectivity index is 1.93. The molecule has 3 aromatic rings. The Morgan fingerprint density at radius 1 is 1.15 bits per heavy atom. The van der Waals surface area contributed by atoms with Crippen molar-refractivity contribution in [1.29, 1.82) is 0 Å². The maximum absolute atomic E-state index is 12.9. The van der Waals surface area contributed by atoms with Crippen molar-refractivity contribution in [3.8, 4) is 5.75 Å². The molecular formula is C20H22N2O2S2. The number of para-hydroxylation sites is 1. The third-order valence-corrected chi connectivity index (χ3v) is 5.87. The van der Waals surface area contributed by atoms with E-state index in [4.69, 9.17) is 4.74 Å². The molecule has 3 rings (SSSR count). The standard InChI is InChI=1S/C20H22N2O2S2/c1-3-13-25-14-19(23)22(15-9-11-16(12-10-15)24-4-2)20-21-17-7-5-6-8-18(17)26-20/h5-12H,3-4,13-14H2,1-2H3. The Labute approximate surface area is 162 Å². The largest absolute Gasteiger partial charge is 0.494 e. The van der Waals surface area contributed by atoms with Crippen molar-refractivity contribution in [2.75, 3.05) is 23.0 Å². The summed E-state index contributed by atoms with van der Waals surface area (Å²) in [5, 5.41) is 0.706. The first-order valence-corrected chi connectivity index (χ1v) is 10.7. The van der Waals surface area contributed by atoms with Crippen LogP contribution in [0.4, 0.5) is 10.8 Å². The van der Waals surface area contributed by atoms with Crippen LogP contribution in [-0.2, 0) is 4.79 Å². The Morgan fingerprint density at radius 2 is 1.92 bits per heavy atom. The Hall–Kier alpha value is -2.05. The molecule has 6 heteroatoms. The van der Waals surface area contributed by atoms with E-state index < -0.39 is 0 Å². The van der Waals surface area contributed by atoms with Crippen LogP contribution in [0.3, 0.4) is 0 Å². The van der Waals surface area contributed by atoms with Crippen LogP contribution in [0.1, 0.15) is 20.3 Å². The maximum atomic E-state index is 12.9. The van der Waals surface area contributed by atoms with Crippen LogP contribution >= 0.6 is 23.1 Å². The van der Waals surface area contributed by atoms with Gasteiger partial charge in [-0.05, 0) is 55.5 Å². The first kappa shape index (κ1) is 18.7. The van der Waals surface area contributed by atoms with Crippen LogP contribution in [0.2, 0.25) is 0 Å². The number of benzene rings is 2. The summed E-state index contributed by atoms with van der Waals surface area (Å²) in [6, 6.07) is 15.6. The fourth-order valence-electron chi connectivity index (χ4n) is 2.54. The molecule has 2 aromatic carbocycles. The molecule has 0 atom stereocenters. The summed E-state index contributed by atoms with van der Waals surface area (Å²) in [6.07, 6.45) is 1.06. The van der Waals surface area contributed by atoms with Gasteiger partial charge in [0.05, 0.1) is 28.3 Å². The van der Waals surface area contributed by atoms with E-state index in [-0.39, 0.29) is 5.91 Å². The average Bonchev–Trinajstić information content (AvgIpc) is 3.07. The summed E-state index contributed by atoms with van der Waals surface area (Å²) >= 11 is 3.19. The average molecular weight is 387 g/mol. The molecule has 0 spiro atoms.